The molecule has 0 N–H and O–H groups in total. The summed E-state index contributed by atoms with van der Waals surface area (Å²) in [4.78, 5) is 31.9. The van der Waals surface area contributed by atoms with Crippen molar-refractivity contribution in [3.63, 3.8) is 0 Å². The molecule has 0 spiro atoms. The van der Waals surface area contributed by atoms with Crippen LogP contribution in [0.5, 0.6) is 0 Å². The third-order valence-electron chi connectivity index (χ3n) is 8.49. The van der Waals surface area contributed by atoms with Crippen LogP contribution in [0.2, 0.25) is 5.02 Å². The molecule has 206 valence electrons. The summed E-state index contributed by atoms with van der Waals surface area (Å²) in [7, 11) is 0. The zero-order valence-corrected chi connectivity index (χ0v) is 25.6. The lowest BCUT2D eigenvalue weighted by atomic mass is 9.90. The number of hydrogen-bond donors (Lipinski definition) is 0. The van der Waals surface area contributed by atoms with E-state index in [-0.39, 0.29) is 23.9 Å². The predicted octanol–water partition coefficient (Wildman–Crippen LogP) is 6.57. The molecular formula is C32H37ClIN3O2. The van der Waals surface area contributed by atoms with Gasteiger partial charge in [0, 0.05) is 55.0 Å². The molecule has 7 heteroatoms. The SMILES string of the molecule is CC(=O)N1CCC(CC(=O)N2CCN(C(c3ccc(Cl)cc3)c3cccc4ccccc34)C[C@@H]2C(C)I)CC1. The van der Waals surface area contributed by atoms with Crippen LogP contribution in [0.15, 0.2) is 66.7 Å². The molecule has 0 aromatic heterocycles. The van der Waals surface area contributed by atoms with Crippen molar-refractivity contribution >= 4 is 56.8 Å². The second-order valence-electron chi connectivity index (χ2n) is 11.0. The number of halogens is 2. The Kier molecular flexibility index (Phi) is 9.14. The smallest absolute Gasteiger partial charge is 0.223 e. The highest BCUT2D eigenvalue weighted by Gasteiger charge is 2.37. The Balaban J connectivity index is 1.39. The molecule has 3 aromatic carbocycles. The van der Waals surface area contributed by atoms with Gasteiger partial charge in [-0.25, -0.2) is 0 Å². The van der Waals surface area contributed by atoms with Gasteiger partial charge in [0.2, 0.25) is 11.8 Å². The highest BCUT2D eigenvalue weighted by atomic mass is 127. The molecule has 3 aromatic rings. The lowest BCUT2D eigenvalue weighted by Crippen LogP contribution is -2.58. The highest BCUT2D eigenvalue weighted by Crippen LogP contribution is 2.36. The fourth-order valence-electron chi connectivity index (χ4n) is 6.31. The van der Waals surface area contributed by atoms with Crippen LogP contribution < -0.4 is 0 Å². The molecule has 39 heavy (non-hydrogen) atoms. The van der Waals surface area contributed by atoms with Gasteiger partial charge in [-0.15, -0.1) is 0 Å². The maximum atomic E-state index is 13.6. The molecule has 3 atom stereocenters. The Morgan fingerprint density at radius 2 is 1.64 bits per heavy atom. The number of piperidine rings is 1. The summed E-state index contributed by atoms with van der Waals surface area (Å²) in [6.45, 7) is 7.72. The average Bonchev–Trinajstić information content (AvgIpc) is 2.94. The first kappa shape index (κ1) is 28.4. The molecule has 0 radical (unpaired) electrons. The van der Waals surface area contributed by atoms with Crippen molar-refractivity contribution in [2.24, 2.45) is 5.92 Å². The number of nitrogens with zero attached hydrogens (tertiary/aromatic N) is 3. The third-order valence-corrected chi connectivity index (χ3v) is 9.57. The summed E-state index contributed by atoms with van der Waals surface area (Å²) in [6, 6.07) is 23.6. The predicted molar refractivity (Wildman–Crippen MR) is 167 cm³/mol. The molecule has 2 heterocycles. The number of carbonyl (C=O) groups excluding carboxylic acids is 2. The largest absolute Gasteiger partial charge is 0.343 e. The topological polar surface area (TPSA) is 43.9 Å². The number of amides is 2. The molecule has 2 unspecified atom stereocenters. The summed E-state index contributed by atoms with van der Waals surface area (Å²) >= 11 is 8.78. The minimum atomic E-state index is 0.0687. The number of rotatable bonds is 6. The van der Waals surface area contributed by atoms with E-state index in [9.17, 15) is 9.59 Å². The monoisotopic (exact) mass is 657 g/mol. The Morgan fingerprint density at radius 3 is 2.33 bits per heavy atom. The van der Waals surface area contributed by atoms with Crippen molar-refractivity contribution in [1.29, 1.82) is 0 Å². The quantitative estimate of drug-likeness (QED) is 0.223. The van der Waals surface area contributed by atoms with Gasteiger partial charge in [-0.05, 0) is 52.8 Å². The van der Waals surface area contributed by atoms with Crippen LogP contribution in [0.3, 0.4) is 0 Å². The van der Waals surface area contributed by atoms with Gasteiger partial charge in [-0.2, -0.15) is 0 Å². The first-order valence-electron chi connectivity index (χ1n) is 14.0. The van der Waals surface area contributed by atoms with Crippen molar-refractivity contribution in [3.8, 4) is 0 Å². The summed E-state index contributed by atoms with van der Waals surface area (Å²) in [5.41, 5.74) is 2.50. The van der Waals surface area contributed by atoms with E-state index < -0.39 is 0 Å². The zero-order chi connectivity index (χ0) is 27.5. The minimum absolute atomic E-state index is 0.0687. The van der Waals surface area contributed by atoms with Crippen molar-refractivity contribution in [2.75, 3.05) is 32.7 Å². The normalized spacial score (nSPS) is 20.7. The maximum absolute atomic E-state index is 13.6. The zero-order valence-electron chi connectivity index (χ0n) is 22.7. The average molecular weight is 658 g/mol. The Bertz CT molecular complexity index is 1300. The number of fused-ring (bicyclic) bond motifs is 1. The van der Waals surface area contributed by atoms with E-state index in [2.05, 4.69) is 93.9 Å². The Morgan fingerprint density at radius 1 is 0.949 bits per heavy atom. The summed E-state index contributed by atoms with van der Waals surface area (Å²) in [6.07, 6.45) is 2.40. The van der Waals surface area contributed by atoms with Crippen LogP contribution in [0.4, 0.5) is 0 Å². The molecule has 0 bridgehead atoms. The van der Waals surface area contributed by atoms with E-state index in [4.69, 9.17) is 11.6 Å². The van der Waals surface area contributed by atoms with Gasteiger partial charge in [-0.1, -0.05) is 95.7 Å². The van der Waals surface area contributed by atoms with Crippen molar-refractivity contribution in [3.05, 3.63) is 82.9 Å². The maximum Gasteiger partial charge on any atom is 0.223 e. The summed E-state index contributed by atoms with van der Waals surface area (Å²) in [5.74, 6) is 0.752. The molecule has 2 saturated heterocycles. The minimum Gasteiger partial charge on any atom is -0.343 e. The molecule has 0 saturated carbocycles. The highest BCUT2D eigenvalue weighted by molar-refractivity contribution is 14.1. The van der Waals surface area contributed by atoms with E-state index in [1.807, 2.05) is 17.0 Å². The fourth-order valence-corrected chi connectivity index (χ4v) is 7.05. The number of alkyl halides is 1. The van der Waals surface area contributed by atoms with Gasteiger partial charge in [0.05, 0.1) is 12.1 Å². The molecular weight excluding hydrogens is 621 g/mol. The van der Waals surface area contributed by atoms with E-state index in [0.717, 1.165) is 50.6 Å². The van der Waals surface area contributed by atoms with Crippen LogP contribution in [-0.2, 0) is 9.59 Å². The lowest BCUT2D eigenvalue weighted by Gasteiger charge is -2.46. The third kappa shape index (κ3) is 6.44. The first-order chi connectivity index (χ1) is 18.8. The number of piperazine rings is 1. The fraction of sp³-hybridized carbons (Fsp3) is 0.438. The van der Waals surface area contributed by atoms with Gasteiger partial charge < -0.3 is 9.80 Å². The van der Waals surface area contributed by atoms with E-state index >= 15 is 0 Å². The van der Waals surface area contributed by atoms with E-state index in [0.29, 0.717) is 16.3 Å². The van der Waals surface area contributed by atoms with Crippen LogP contribution in [-0.4, -0.2) is 69.2 Å². The lowest BCUT2D eigenvalue weighted by molar-refractivity contribution is -0.138. The van der Waals surface area contributed by atoms with E-state index in [1.54, 1.807) is 6.92 Å². The van der Waals surface area contributed by atoms with Gasteiger partial charge in [0.1, 0.15) is 0 Å². The van der Waals surface area contributed by atoms with Gasteiger partial charge in [-0.3, -0.25) is 14.5 Å². The molecule has 5 rings (SSSR count). The molecule has 5 nitrogen and oxygen atoms in total. The van der Waals surface area contributed by atoms with Gasteiger partial charge in [0.15, 0.2) is 0 Å². The van der Waals surface area contributed by atoms with Crippen molar-refractivity contribution in [1.82, 2.24) is 14.7 Å². The van der Waals surface area contributed by atoms with Crippen LogP contribution in [0.1, 0.15) is 50.3 Å². The van der Waals surface area contributed by atoms with Crippen molar-refractivity contribution < 1.29 is 9.59 Å². The van der Waals surface area contributed by atoms with Crippen molar-refractivity contribution in [2.45, 2.75) is 49.1 Å². The molecule has 2 amide bonds. The molecule has 2 aliphatic rings. The van der Waals surface area contributed by atoms with E-state index in [1.165, 1.54) is 21.9 Å². The van der Waals surface area contributed by atoms with Crippen LogP contribution in [0.25, 0.3) is 10.8 Å². The molecule has 2 aliphatic heterocycles. The van der Waals surface area contributed by atoms with Gasteiger partial charge in [0.25, 0.3) is 0 Å². The standard InChI is InChI=1S/C32H37ClIN3O2/c1-22(34)30-21-36(18-19-37(30)31(39)20-24-14-16-35(17-15-24)23(2)38)32(26-10-12-27(33)13-11-26)29-9-5-7-25-6-3-4-8-28(25)29/h3-13,22,24,30,32H,14-21H2,1-2H3/t22?,30-,32?/m1/s1. The molecule has 2 fully saturated rings. The van der Waals surface area contributed by atoms with Crippen LogP contribution in [0, 0.1) is 5.92 Å². The van der Waals surface area contributed by atoms with Crippen LogP contribution >= 0.6 is 34.2 Å². The second kappa shape index (κ2) is 12.6. The second-order valence-corrected chi connectivity index (χ2v) is 13.4. The Labute approximate surface area is 250 Å². The Hall–Kier alpha value is -2.16. The summed E-state index contributed by atoms with van der Waals surface area (Å²) in [5, 5.41) is 3.23. The summed E-state index contributed by atoms with van der Waals surface area (Å²) < 4.78 is 0.312. The first-order valence-corrected chi connectivity index (χ1v) is 15.6. The number of carbonyl (C=O) groups is 2. The number of likely N-dealkylation sites (tertiary alicyclic amines) is 1. The molecule has 0 aliphatic carbocycles. The number of benzene rings is 3. The van der Waals surface area contributed by atoms with Gasteiger partial charge >= 0.3 is 0 Å². The number of hydrogen-bond acceptors (Lipinski definition) is 3.